The van der Waals surface area contributed by atoms with Gasteiger partial charge in [0.2, 0.25) is 0 Å². The Morgan fingerprint density at radius 1 is 1.41 bits per heavy atom. The van der Waals surface area contributed by atoms with Crippen LogP contribution in [0.1, 0.15) is 20.8 Å². The van der Waals surface area contributed by atoms with Crippen LogP contribution in [0.25, 0.3) is 0 Å². The summed E-state index contributed by atoms with van der Waals surface area (Å²) in [5.41, 5.74) is 0. The predicted molar refractivity (Wildman–Crippen MR) is 59.8 cm³/mol. The predicted octanol–water partition coefficient (Wildman–Crippen LogP) is 0.318. The van der Waals surface area contributed by atoms with Crippen molar-refractivity contribution in [2.45, 2.75) is 38.8 Å². The smallest absolute Gasteiger partial charge is 0.264 e. The number of hydrogen-bond donors (Lipinski definition) is 0. The lowest BCUT2D eigenvalue weighted by molar-refractivity contribution is -0.153. The molecule has 0 aliphatic carbocycles. The Morgan fingerprint density at radius 2 is 2.00 bits per heavy atom. The molecule has 0 N–H and O–H groups in total. The highest BCUT2D eigenvalue weighted by molar-refractivity contribution is 7.85. The third kappa shape index (κ3) is 4.34. The Balaban J connectivity index is 2.62. The Kier molecular flexibility index (Phi) is 4.29. The van der Waals surface area contributed by atoms with Gasteiger partial charge in [-0.05, 0) is 13.8 Å². The lowest BCUT2D eigenvalue weighted by Gasteiger charge is -2.21. The second kappa shape index (κ2) is 5.01. The molecule has 1 rings (SSSR count). The summed E-state index contributed by atoms with van der Waals surface area (Å²) < 4.78 is 37.3. The summed E-state index contributed by atoms with van der Waals surface area (Å²) in [7, 11) is -3.49. The van der Waals surface area contributed by atoms with E-state index in [9.17, 15) is 13.2 Å². The average Bonchev–Trinajstić information content (AvgIpc) is 2.49. The Bertz CT molecular complexity index is 374. The second-order valence-corrected chi connectivity index (χ2v) is 6.31. The molecule has 0 aromatic rings. The maximum absolute atomic E-state index is 10.9. The van der Waals surface area contributed by atoms with Gasteiger partial charge in [0.25, 0.3) is 10.1 Å². The van der Waals surface area contributed by atoms with Crippen molar-refractivity contribution < 1.29 is 26.9 Å². The van der Waals surface area contributed by atoms with Crippen LogP contribution in [-0.4, -0.2) is 45.6 Å². The van der Waals surface area contributed by atoms with E-state index in [2.05, 4.69) is 4.18 Å². The van der Waals surface area contributed by atoms with E-state index >= 15 is 0 Å². The molecule has 6 nitrogen and oxygen atoms in total. The van der Waals surface area contributed by atoms with Crippen LogP contribution in [-0.2, 0) is 28.6 Å². The Hall–Kier alpha value is -0.500. The number of aldehydes is 1. The minimum absolute atomic E-state index is 0.0344. The Morgan fingerprint density at radius 3 is 2.47 bits per heavy atom. The van der Waals surface area contributed by atoms with Crippen LogP contribution in [0.4, 0.5) is 0 Å². The van der Waals surface area contributed by atoms with Gasteiger partial charge >= 0.3 is 0 Å². The lowest BCUT2D eigenvalue weighted by Crippen LogP contribution is -2.33. The standard InChI is InChI=1S/C10H18O6S/c1-7(6-14-17(4,12)13)9-8(5-11)15-10(2,3)16-9/h5,7-9H,6H2,1-4H3. The monoisotopic (exact) mass is 266 g/mol. The normalized spacial score (nSPS) is 30.1. The third-order valence-corrected chi connectivity index (χ3v) is 2.97. The highest BCUT2D eigenvalue weighted by atomic mass is 32.2. The van der Waals surface area contributed by atoms with Gasteiger partial charge in [-0.1, -0.05) is 6.92 Å². The molecule has 0 aromatic carbocycles. The highest BCUT2D eigenvalue weighted by Crippen LogP contribution is 2.31. The molecule has 1 fully saturated rings. The molecule has 1 aliphatic rings. The maximum Gasteiger partial charge on any atom is 0.264 e. The summed E-state index contributed by atoms with van der Waals surface area (Å²) in [6, 6.07) is 0. The average molecular weight is 266 g/mol. The van der Waals surface area contributed by atoms with Crippen LogP contribution in [0.3, 0.4) is 0 Å². The fourth-order valence-corrected chi connectivity index (χ4v) is 2.15. The van der Waals surface area contributed by atoms with Crippen molar-refractivity contribution in [3.05, 3.63) is 0 Å². The molecule has 17 heavy (non-hydrogen) atoms. The summed E-state index contributed by atoms with van der Waals surface area (Å²) in [6.45, 7) is 5.12. The van der Waals surface area contributed by atoms with E-state index < -0.39 is 28.1 Å². The van der Waals surface area contributed by atoms with Gasteiger partial charge in [-0.2, -0.15) is 8.42 Å². The molecule has 3 atom stereocenters. The maximum atomic E-state index is 10.9. The van der Waals surface area contributed by atoms with Gasteiger partial charge in [0.1, 0.15) is 6.10 Å². The summed E-state index contributed by atoms with van der Waals surface area (Å²) >= 11 is 0. The van der Waals surface area contributed by atoms with E-state index in [1.54, 1.807) is 20.8 Å². The van der Waals surface area contributed by atoms with E-state index in [0.717, 1.165) is 6.26 Å². The molecule has 1 aliphatic heterocycles. The molecule has 0 spiro atoms. The van der Waals surface area contributed by atoms with Crippen LogP contribution >= 0.6 is 0 Å². The SMILES string of the molecule is CC(COS(C)(=O)=O)C1OC(C)(C)OC1C=O. The lowest BCUT2D eigenvalue weighted by atomic mass is 10.0. The number of carbonyl (C=O) groups excluding carboxylic acids is 1. The van der Waals surface area contributed by atoms with Crippen LogP contribution in [0, 0.1) is 5.92 Å². The van der Waals surface area contributed by atoms with Gasteiger partial charge < -0.3 is 14.3 Å². The van der Waals surface area contributed by atoms with Gasteiger partial charge in [0.15, 0.2) is 12.1 Å². The first kappa shape index (κ1) is 14.6. The van der Waals surface area contributed by atoms with Crippen molar-refractivity contribution >= 4 is 16.4 Å². The molecule has 100 valence electrons. The van der Waals surface area contributed by atoms with E-state index in [-0.39, 0.29) is 12.5 Å². The first-order valence-electron chi connectivity index (χ1n) is 5.30. The van der Waals surface area contributed by atoms with Gasteiger partial charge in [-0.3, -0.25) is 4.18 Å². The number of hydrogen-bond acceptors (Lipinski definition) is 6. The summed E-state index contributed by atoms with van der Waals surface area (Å²) in [6.07, 6.45) is 0.455. The van der Waals surface area contributed by atoms with Gasteiger partial charge in [0.05, 0.1) is 19.0 Å². The van der Waals surface area contributed by atoms with E-state index in [4.69, 9.17) is 9.47 Å². The summed E-state index contributed by atoms with van der Waals surface area (Å²) in [5, 5.41) is 0. The van der Waals surface area contributed by atoms with Crippen molar-refractivity contribution in [2.75, 3.05) is 12.9 Å². The zero-order valence-corrected chi connectivity index (χ0v) is 11.2. The van der Waals surface area contributed by atoms with Crippen LogP contribution < -0.4 is 0 Å². The van der Waals surface area contributed by atoms with Crippen molar-refractivity contribution in [3.8, 4) is 0 Å². The molecular weight excluding hydrogens is 248 g/mol. The largest absolute Gasteiger partial charge is 0.344 e. The molecule has 1 heterocycles. The molecule has 0 aromatic heterocycles. The molecule has 0 amide bonds. The number of ether oxygens (including phenoxy) is 2. The molecule has 3 unspecified atom stereocenters. The van der Waals surface area contributed by atoms with Crippen molar-refractivity contribution in [1.29, 1.82) is 0 Å². The van der Waals surface area contributed by atoms with Crippen molar-refractivity contribution in [1.82, 2.24) is 0 Å². The van der Waals surface area contributed by atoms with Gasteiger partial charge in [0, 0.05) is 5.92 Å². The fourth-order valence-electron chi connectivity index (χ4n) is 1.69. The van der Waals surface area contributed by atoms with Gasteiger partial charge in [-0.15, -0.1) is 0 Å². The molecule has 0 bridgehead atoms. The molecule has 1 saturated heterocycles. The van der Waals surface area contributed by atoms with Crippen molar-refractivity contribution in [3.63, 3.8) is 0 Å². The van der Waals surface area contributed by atoms with Crippen LogP contribution in [0.5, 0.6) is 0 Å². The van der Waals surface area contributed by atoms with E-state index in [1.807, 2.05) is 0 Å². The molecular formula is C10H18O6S. The topological polar surface area (TPSA) is 78.9 Å². The molecule has 7 heteroatoms. The first-order chi connectivity index (χ1) is 7.64. The van der Waals surface area contributed by atoms with E-state index in [0.29, 0.717) is 6.29 Å². The fraction of sp³-hybridized carbons (Fsp3) is 0.900. The van der Waals surface area contributed by atoms with Gasteiger partial charge in [-0.25, -0.2) is 0 Å². The number of carbonyl (C=O) groups is 1. The third-order valence-electron chi connectivity index (χ3n) is 2.40. The van der Waals surface area contributed by atoms with Crippen LogP contribution in [0.15, 0.2) is 0 Å². The number of rotatable bonds is 5. The first-order valence-corrected chi connectivity index (χ1v) is 7.11. The van der Waals surface area contributed by atoms with E-state index in [1.165, 1.54) is 0 Å². The highest BCUT2D eigenvalue weighted by Gasteiger charge is 2.43. The summed E-state index contributed by atoms with van der Waals surface area (Å²) in [5.74, 6) is -1.10. The summed E-state index contributed by atoms with van der Waals surface area (Å²) in [4.78, 5) is 10.8. The quantitative estimate of drug-likeness (QED) is 0.526. The zero-order valence-electron chi connectivity index (χ0n) is 10.4. The zero-order chi connectivity index (χ0) is 13.3. The Labute approximate surface area is 101 Å². The second-order valence-electron chi connectivity index (χ2n) is 4.67. The molecule has 0 radical (unpaired) electrons. The minimum Gasteiger partial charge on any atom is -0.344 e. The van der Waals surface area contributed by atoms with Crippen LogP contribution in [0.2, 0.25) is 0 Å². The molecule has 0 saturated carbocycles. The minimum atomic E-state index is -3.49. The van der Waals surface area contributed by atoms with Crippen molar-refractivity contribution in [2.24, 2.45) is 5.92 Å².